The molecule has 0 spiro atoms. The molecule has 1 aromatic heterocycles. The Morgan fingerprint density at radius 1 is 1.38 bits per heavy atom. The van der Waals surface area contributed by atoms with Crippen LogP contribution in [0.25, 0.3) is 0 Å². The third-order valence-corrected chi connectivity index (χ3v) is 2.96. The second-order valence-corrected chi connectivity index (χ2v) is 4.16. The maximum atomic E-state index is 11.5. The molecule has 1 nitrogen and oxygen atoms in total. The molecular weight excluding hydrogens is 180 g/mol. The fourth-order valence-corrected chi connectivity index (χ4v) is 1.97. The Labute approximate surface area is 83.8 Å². The van der Waals surface area contributed by atoms with E-state index in [1.165, 1.54) is 19.3 Å². The molecule has 0 atom stereocenters. The quantitative estimate of drug-likeness (QED) is 0.498. The van der Waals surface area contributed by atoms with E-state index in [4.69, 9.17) is 0 Å². The fourth-order valence-electron chi connectivity index (χ4n) is 1.27. The molecule has 0 N–H and O–H groups in total. The number of ketones is 1. The molecule has 1 rings (SSSR count). The highest BCUT2D eigenvalue weighted by atomic mass is 32.1. The van der Waals surface area contributed by atoms with E-state index in [0.717, 1.165) is 17.7 Å². The van der Waals surface area contributed by atoms with E-state index >= 15 is 0 Å². The van der Waals surface area contributed by atoms with Crippen molar-refractivity contribution in [3.05, 3.63) is 22.4 Å². The molecule has 0 saturated heterocycles. The number of hydrogen-bond donors (Lipinski definition) is 0. The first-order valence-electron chi connectivity index (χ1n) is 4.91. The van der Waals surface area contributed by atoms with Crippen LogP contribution in [-0.2, 0) is 0 Å². The molecule has 2 heteroatoms. The number of Topliss-reactive ketones (excluding diaryl/α,β-unsaturated/α-hetero) is 1. The zero-order valence-electron chi connectivity index (χ0n) is 8.08. The van der Waals surface area contributed by atoms with Gasteiger partial charge in [0.15, 0.2) is 5.78 Å². The number of hydrogen-bond acceptors (Lipinski definition) is 2. The van der Waals surface area contributed by atoms with Gasteiger partial charge in [-0.2, -0.15) is 0 Å². The van der Waals surface area contributed by atoms with Crippen molar-refractivity contribution in [2.24, 2.45) is 0 Å². The summed E-state index contributed by atoms with van der Waals surface area (Å²) in [4.78, 5) is 12.4. The second-order valence-electron chi connectivity index (χ2n) is 3.21. The average molecular weight is 196 g/mol. The predicted octanol–water partition coefficient (Wildman–Crippen LogP) is 3.90. The monoisotopic (exact) mass is 196 g/mol. The van der Waals surface area contributed by atoms with Crippen molar-refractivity contribution in [3.63, 3.8) is 0 Å². The highest BCUT2D eigenvalue weighted by Gasteiger charge is 2.05. The molecule has 1 heterocycles. The van der Waals surface area contributed by atoms with E-state index in [1.54, 1.807) is 11.3 Å². The van der Waals surface area contributed by atoms with Gasteiger partial charge in [-0.25, -0.2) is 0 Å². The summed E-state index contributed by atoms with van der Waals surface area (Å²) in [5.74, 6) is 0.311. The second kappa shape index (κ2) is 5.92. The molecule has 1 aromatic rings. The van der Waals surface area contributed by atoms with Crippen LogP contribution in [0.3, 0.4) is 0 Å². The van der Waals surface area contributed by atoms with Crippen LogP contribution in [0.15, 0.2) is 17.5 Å². The highest BCUT2D eigenvalue weighted by molar-refractivity contribution is 7.12. The number of thiophene rings is 1. The lowest BCUT2D eigenvalue weighted by molar-refractivity contribution is 0.0983. The number of unbranched alkanes of at least 4 members (excludes halogenated alkanes) is 3. The van der Waals surface area contributed by atoms with E-state index in [9.17, 15) is 4.79 Å². The summed E-state index contributed by atoms with van der Waals surface area (Å²) in [6.07, 6.45) is 5.43. The first kappa shape index (κ1) is 10.5. The minimum Gasteiger partial charge on any atom is -0.293 e. The molecule has 0 fully saturated rings. The Morgan fingerprint density at radius 3 is 2.85 bits per heavy atom. The molecule has 13 heavy (non-hydrogen) atoms. The van der Waals surface area contributed by atoms with Crippen molar-refractivity contribution in [2.75, 3.05) is 0 Å². The number of carbonyl (C=O) groups excluding carboxylic acids is 1. The van der Waals surface area contributed by atoms with Crippen LogP contribution in [0.2, 0.25) is 0 Å². The van der Waals surface area contributed by atoms with Gasteiger partial charge in [-0.05, 0) is 17.9 Å². The molecule has 72 valence electrons. The molecule has 0 radical (unpaired) electrons. The third-order valence-electron chi connectivity index (χ3n) is 2.05. The highest BCUT2D eigenvalue weighted by Crippen LogP contribution is 2.13. The molecule has 0 unspecified atom stereocenters. The summed E-state index contributed by atoms with van der Waals surface area (Å²) < 4.78 is 0. The Bertz CT molecular complexity index is 239. The van der Waals surface area contributed by atoms with Gasteiger partial charge in [0.25, 0.3) is 0 Å². The Kier molecular flexibility index (Phi) is 4.76. The minimum atomic E-state index is 0.311. The van der Waals surface area contributed by atoms with Crippen LogP contribution in [0.1, 0.15) is 48.7 Å². The van der Waals surface area contributed by atoms with E-state index in [2.05, 4.69) is 6.92 Å². The Balaban J connectivity index is 2.19. The van der Waals surface area contributed by atoms with Gasteiger partial charge in [0.2, 0.25) is 0 Å². The maximum absolute atomic E-state index is 11.5. The molecular formula is C11H16OS. The van der Waals surface area contributed by atoms with Crippen LogP contribution < -0.4 is 0 Å². The number of carbonyl (C=O) groups is 1. The summed E-state index contributed by atoms with van der Waals surface area (Å²) >= 11 is 1.55. The maximum Gasteiger partial charge on any atom is 0.172 e. The lowest BCUT2D eigenvalue weighted by atomic mass is 10.1. The van der Waals surface area contributed by atoms with Crippen molar-refractivity contribution in [2.45, 2.75) is 39.0 Å². The van der Waals surface area contributed by atoms with Crippen molar-refractivity contribution in [1.82, 2.24) is 0 Å². The van der Waals surface area contributed by atoms with Crippen LogP contribution in [0, 0.1) is 0 Å². The SMILES string of the molecule is CCCCCCC(=O)c1cccs1. The van der Waals surface area contributed by atoms with Crippen molar-refractivity contribution in [3.8, 4) is 0 Å². The first-order valence-corrected chi connectivity index (χ1v) is 5.79. The van der Waals surface area contributed by atoms with Crippen LogP contribution in [-0.4, -0.2) is 5.78 Å². The van der Waals surface area contributed by atoms with Gasteiger partial charge in [-0.1, -0.05) is 32.3 Å². The summed E-state index contributed by atoms with van der Waals surface area (Å²) in [7, 11) is 0. The zero-order chi connectivity index (χ0) is 9.52. The molecule has 0 bridgehead atoms. The van der Waals surface area contributed by atoms with Crippen LogP contribution >= 0.6 is 11.3 Å². The third kappa shape index (κ3) is 3.73. The van der Waals surface area contributed by atoms with Gasteiger partial charge >= 0.3 is 0 Å². The normalized spacial score (nSPS) is 10.2. The standard InChI is InChI=1S/C11H16OS/c1-2-3-4-5-7-10(12)11-8-6-9-13-11/h6,8-9H,2-5,7H2,1H3. The lowest BCUT2D eigenvalue weighted by Gasteiger charge is -1.97. The largest absolute Gasteiger partial charge is 0.293 e. The van der Waals surface area contributed by atoms with E-state index in [0.29, 0.717) is 5.78 Å². The molecule has 0 aromatic carbocycles. The van der Waals surface area contributed by atoms with Crippen molar-refractivity contribution in [1.29, 1.82) is 0 Å². The number of rotatable bonds is 6. The van der Waals surface area contributed by atoms with Gasteiger partial charge in [0.1, 0.15) is 0 Å². The van der Waals surface area contributed by atoms with Gasteiger partial charge in [0, 0.05) is 6.42 Å². The predicted molar refractivity (Wildman–Crippen MR) is 57.4 cm³/mol. The summed E-state index contributed by atoms with van der Waals surface area (Å²) in [6.45, 7) is 2.18. The van der Waals surface area contributed by atoms with Crippen molar-refractivity contribution >= 4 is 17.1 Å². The minimum absolute atomic E-state index is 0.311. The Morgan fingerprint density at radius 2 is 2.23 bits per heavy atom. The summed E-state index contributed by atoms with van der Waals surface area (Å²) in [5, 5.41) is 1.96. The van der Waals surface area contributed by atoms with Gasteiger partial charge in [-0.3, -0.25) is 4.79 Å². The lowest BCUT2D eigenvalue weighted by Crippen LogP contribution is -1.95. The molecule has 0 aliphatic carbocycles. The van der Waals surface area contributed by atoms with Crippen LogP contribution in [0.5, 0.6) is 0 Å². The topological polar surface area (TPSA) is 17.1 Å². The van der Waals surface area contributed by atoms with E-state index in [-0.39, 0.29) is 0 Å². The van der Waals surface area contributed by atoms with Gasteiger partial charge in [-0.15, -0.1) is 11.3 Å². The van der Waals surface area contributed by atoms with Crippen molar-refractivity contribution < 1.29 is 4.79 Å². The molecule has 0 saturated carbocycles. The molecule has 0 amide bonds. The molecule has 0 aliphatic rings. The fraction of sp³-hybridized carbons (Fsp3) is 0.545. The summed E-state index contributed by atoms with van der Waals surface area (Å²) in [5.41, 5.74) is 0. The van der Waals surface area contributed by atoms with Crippen LogP contribution in [0.4, 0.5) is 0 Å². The summed E-state index contributed by atoms with van der Waals surface area (Å²) in [6, 6.07) is 3.84. The smallest absolute Gasteiger partial charge is 0.172 e. The average Bonchev–Trinajstić information content (AvgIpc) is 2.65. The zero-order valence-corrected chi connectivity index (χ0v) is 8.90. The Hall–Kier alpha value is -0.630. The first-order chi connectivity index (χ1) is 6.34. The van der Waals surface area contributed by atoms with Gasteiger partial charge < -0.3 is 0 Å². The van der Waals surface area contributed by atoms with Gasteiger partial charge in [0.05, 0.1) is 4.88 Å². The molecule has 0 aliphatic heterocycles. The van der Waals surface area contributed by atoms with E-state index < -0.39 is 0 Å². The van der Waals surface area contributed by atoms with E-state index in [1.807, 2.05) is 17.5 Å².